The van der Waals surface area contributed by atoms with Gasteiger partial charge in [-0.05, 0) is 30.2 Å². The highest BCUT2D eigenvalue weighted by Gasteiger charge is 2.02. The highest BCUT2D eigenvalue weighted by molar-refractivity contribution is 5.94. The molecule has 0 amide bonds. The summed E-state index contributed by atoms with van der Waals surface area (Å²) in [5, 5.41) is 0. The van der Waals surface area contributed by atoms with Crippen molar-refractivity contribution < 1.29 is 14.3 Å². The Morgan fingerprint density at radius 1 is 0.789 bits per heavy atom. The zero-order chi connectivity index (χ0) is 13.8. The molecule has 0 radical (unpaired) electrons. The van der Waals surface area contributed by atoms with Gasteiger partial charge in [-0.3, -0.25) is 9.59 Å². The second kappa shape index (κ2) is 5.48. The summed E-state index contributed by atoms with van der Waals surface area (Å²) < 4.78 is 4.97. The van der Waals surface area contributed by atoms with Crippen LogP contribution >= 0.6 is 0 Å². The SMILES string of the molecule is CC(=O)Oc1ccc(-c2ccc(C(C)=O)cc2)cc1. The molecule has 2 aromatic carbocycles. The van der Waals surface area contributed by atoms with Gasteiger partial charge < -0.3 is 4.74 Å². The van der Waals surface area contributed by atoms with E-state index in [0.717, 1.165) is 11.1 Å². The van der Waals surface area contributed by atoms with Gasteiger partial charge in [-0.15, -0.1) is 0 Å². The van der Waals surface area contributed by atoms with E-state index in [1.54, 1.807) is 31.2 Å². The molecule has 0 unspecified atom stereocenters. The smallest absolute Gasteiger partial charge is 0.308 e. The van der Waals surface area contributed by atoms with Crippen molar-refractivity contribution in [3.05, 3.63) is 54.1 Å². The van der Waals surface area contributed by atoms with Crippen LogP contribution in [0.25, 0.3) is 11.1 Å². The van der Waals surface area contributed by atoms with Crippen LogP contribution in [0.15, 0.2) is 48.5 Å². The molecule has 0 aliphatic carbocycles. The molecule has 96 valence electrons. The van der Waals surface area contributed by atoms with Gasteiger partial charge >= 0.3 is 5.97 Å². The minimum atomic E-state index is -0.335. The maximum Gasteiger partial charge on any atom is 0.308 e. The van der Waals surface area contributed by atoms with Gasteiger partial charge in [0.15, 0.2) is 5.78 Å². The Bertz CT molecular complexity index is 595. The van der Waals surface area contributed by atoms with Crippen LogP contribution in [0.1, 0.15) is 24.2 Å². The fourth-order valence-corrected chi connectivity index (χ4v) is 1.78. The van der Waals surface area contributed by atoms with E-state index in [-0.39, 0.29) is 11.8 Å². The van der Waals surface area contributed by atoms with E-state index in [1.807, 2.05) is 24.3 Å². The number of esters is 1. The van der Waals surface area contributed by atoms with E-state index in [4.69, 9.17) is 4.74 Å². The molecule has 0 atom stereocenters. The molecule has 2 aromatic rings. The lowest BCUT2D eigenvalue weighted by molar-refractivity contribution is -0.131. The molecule has 0 aromatic heterocycles. The first kappa shape index (κ1) is 13.0. The number of rotatable bonds is 3. The monoisotopic (exact) mass is 254 g/mol. The van der Waals surface area contributed by atoms with E-state index in [2.05, 4.69) is 0 Å². The highest BCUT2D eigenvalue weighted by Crippen LogP contribution is 2.23. The largest absolute Gasteiger partial charge is 0.427 e. The lowest BCUT2D eigenvalue weighted by atomic mass is 10.0. The van der Waals surface area contributed by atoms with Crippen molar-refractivity contribution in [2.24, 2.45) is 0 Å². The lowest BCUT2D eigenvalue weighted by Gasteiger charge is -2.05. The number of hydrogen-bond acceptors (Lipinski definition) is 3. The van der Waals surface area contributed by atoms with Crippen molar-refractivity contribution in [2.45, 2.75) is 13.8 Å². The normalized spacial score (nSPS) is 10.0. The van der Waals surface area contributed by atoms with Crippen LogP contribution in [0.2, 0.25) is 0 Å². The summed E-state index contributed by atoms with van der Waals surface area (Å²) in [4.78, 5) is 22.0. The minimum absolute atomic E-state index is 0.0526. The average molecular weight is 254 g/mol. The molecule has 0 bridgehead atoms. The molecule has 0 aliphatic rings. The molecule has 0 spiro atoms. The van der Waals surface area contributed by atoms with Crippen LogP contribution in [0, 0.1) is 0 Å². The molecule has 0 fully saturated rings. The topological polar surface area (TPSA) is 43.4 Å². The molecule has 0 N–H and O–H groups in total. The van der Waals surface area contributed by atoms with Gasteiger partial charge in [-0.25, -0.2) is 0 Å². The molecule has 0 saturated carbocycles. The highest BCUT2D eigenvalue weighted by atomic mass is 16.5. The van der Waals surface area contributed by atoms with Crippen LogP contribution in [0.4, 0.5) is 0 Å². The number of benzene rings is 2. The fraction of sp³-hybridized carbons (Fsp3) is 0.125. The number of carbonyl (C=O) groups is 2. The van der Waals surface area contributed by atoms with Crippen molar-refractivity contribution in [2.75, 3.05) is 0 Å². The van der Waals surface area contributed by atoms with Gasteiger partial charge in [0.1, 0.15) is 5.75 Å². The Morgan fingerprint density at radius 2 is 1.26 bits per heavy atom. The molecule has 3 heteroatoms. The third-order valence-electron chi connectivity index (χ3n) is 2.74. The summed E-state index contributed by atoms with van der Waals surface area (Å²) in [5.41, 5.74) is 2.71. The molecule has 3 nitrogen and oxygen atoms in total. The summed E-state index contributed by atoms with van der Waals surface area (Å²) in [6.07, 6.45) is 0. The summed E-state index contributed by atoms with van der Waals surface area (Å²) in [5.74, 6) is 0.243. The average Bonchev–Trinajstić information content (AvgIpc) is 2.39. The molecule has 0 heterocycles. The number of ketones is 1. The van der Waals surface area contributed by atoms with Gasteiger partial charge in [-0.1, -0.05) is 36.4 Å². The van der Waals surface area contributed by atoms with Crippen molar-refractivity contribution in [1.82, 2.24) is 0 Å². The summed E-state index contributed by atoms with van der Waals surface area (Å²) >= 11 is 0. The van der Waals surface area contributed by atoms with E-state index in [9.17, 15) is 9.59 Å². The van der Waals surface area contributed by atoms with Crippen LogP contribution in [-0.4, -0.2) is 11.8 Å². The Hall–Kier alpha value is -2.42. The molecule has 0 saturated heterocycles. The number of Topliss-reactive ketones (excluding diaryl/α,β-unsaturated/α-hetero) is 1. The second-order valence-electron chi connectivity index (χ2n) is 4.25. The molecule has 2 rings (SSSR count). The predicted octanol–water partition coefficient (Wildman–Crippen LogP) is 3.48. The molecule has 0 aliphatic heterocycles. The van der Waals surface area contributed by atoms with Crippen molar-refractivity contribution >= 4 is 11.8 Å². The van der Waals surface area contributed by atoms with E-state index < -0.39 is 0 Å². The second-order valence-corrected chi connectivity index (χ2v) is 4.25. The first-order chi connectivity index (χ1) is 9.06. The number of ether oxygens (including phenoxy) is 1. The first-order valence-electron chi connectivity index (χ1n) is 5.96. The van der Waals surface area contributed by atoms with Crippen LogP contribution in [0.5, 0.6) is 5.75 Å². The standard InChI is InChI=1S/C16H14O3/c1-11(17)13-3-5-14(6-4-13)15-7-9-16(10-8-15)19-12(2)18/h3-10H,1-2H3. The van der Waals surface area contributed by atoms with Crippen LogP contribution in [0.3, 0.4) is 0 Å². The van der Waals surface area contributed by atoms with Crippen molar-refractivity contribution in [3.8, 4) is 16.9 Å². The van der Waals surface area contributed by atoms with E-state index in [1.165, 1.54) is 6.92 Å². The third kappa shape index (κ3) is 3.28. The summed E-state index contributed by atoms with van der Waals surface area (Å²) in [6, 6.07) is 14.7. The Kier molecular flexibility index (Phi) is 3.76. The zero-order valence-electron chi connectivity index (χ0n) is 10.8. The van der Waals surface area contributed by atoms with Gasteiger partial charge in [0, 0.05) is 12.5 Å². The summed E-state index contributed by atoms with van der Waals surface area (Å²) in [6.45, 7) is 2.91. The third-order valence-corrected chi connectivity index (χ3v) is 2.74. The van der Waals surface area contributed by atoms with Gasteiger partial charge in [0.2, 0.25) is 0 Å². The maximum atomic E-state index is 11.2. The Morgan fingerprint density at radius 3 is 1.68 bits per heavy atom. The Labute approximate surface area is 111 Å². The Balaban J connectivity index is 2.22. The van der Waals surface area contributed by atoms with Gasteiger partial charge in [0.05, 0.1) is 0 Å². The van der Waals surface area contributed by atoms with Crippen LogP contribution < -0.4 is 4.74 Å². The molecule has 19 heavy (non-hydrogen) atoms. The maximum absolute atomic E-state index is 11.2. The van der Waals surface area contributed by atoms with Crippen LogP contribution in [-0.2, 0) is 4.79 Å². The number of carbonyl (C=O) groups excluding carboxylic acids is 2. The summed E-state index contributed by atoms with van der Waals surface area (Å²) in [7, 11) is 0. The van der Waals surface area contributed by atoms with E-state index >= 15 is 0 Å². The van der Waals surface area contributed by atoms with Crippen molar-refractivity contribution in [1.29, 1.82) is 0 Å². The van der Waals surface area contributed by atoms with Gasteiger partial charge in [0.25, 0.3) is 0 Å². The molecular weight excluding hydrogens is 240 g/mol. The van der Waals surface area contributed by atoms with E-state index in [0.29, 0.717) is 11.3 Å². The van der Waals surface area contributed by atoms with Crippen molar-refractivity contribution in [3.63, 3.8) is 0 Å². The number of hydrogen-bond donors (Lipinski definition) is 0. The zero-order valence-corrected chi connectivity index (χ0v) is 10.8. The molecular formula is C16H14O3. The minimum Gasteiger partial charge on any atom is -0.427 e. The van der Waals surface area contributed by atoms with Gasteiger partial charge in [-0.2, -0.15) is 0 Å². The fourth-order valence-electron chi connectivity index (χ4n) is 1.78. The first-order valence-corrected chi connectivity index (χ1v) is 5.96. The lowest BCUT2D eigenvalue weighted by Crippen LogP contribution is -2.00. The predicted molar refractivity (Wildman–Crippen MR) is 73.2 cm³/mol. The quantitative estimate of drug-likeness (QED) is 0.478.